The molecule has 1 saturated heterocycles. The summed E-state index contributed by atoms with van der Waals surface area (Å²) in [7, 11) is 1.30. The Balaban J connectivity index is 1.71. The largest absolute Gasteiger partial charge is 0.497 e. The quantitative estimate of drug-likeness (QED) is 0.329. The van der Waals surface area contributed by atoms with Crippen molar-refractivity contribution in [1.29, 1.82) is 0 Å². The van der Waals surface area contributed by atoms with E-state index in [2.05, 4.69) is 5.29 Å². The number of esters is 1. The molecule has 11 heteroatoms. The molecule has 1 fully saturated rings. The third-order valence-corrected chi connectivity index (χ3v) is 7.55. The summed E-state index contributed by atoms with van der Waals surface area (Å²) < 4.78 is 22.1. The van der Waals surface area contributed by atoms with Gasteiger partial charge >= 0.3 is 5.97 Å². The molecule has 0 spiro atoms. The van der Waals surface area contributed by atoms with Crippen LogP contribution in [0, 0.1) is 16.7 Å². The topological polar surface area (TPSA) is 141 Å². The highest BCUT2D eigenvalue weighted by atomic mass is 16.7. The first kappa shape index (κ1) is 24.9. The van der Waals surface area contributed by atoms with E-state index in [0.717, 1.165) is 0 Å². The molecule has 1 aromatic rings. The molecule has 1 N–H and O–H groups in total. The summed E-state index contributed by atoms with van der Waals surface area (Å²) >= 11 is 0. The minimum Gasteiger partial charge on any atom is -0.497 e. The van der Waals surface area contributed by atoms with Crippen LogP contribution in [0.3, 0.4) is 0 Å². The molecule has 0 amide bonds. The standard InChI is InChI=1S/C26H28N2O9/c1-12(2)28(27-33)24-16-8-19-18(36-11-37-19)7-15(16)22(23-17(24)10-35-25(23)31)14-5-20(30)26(32,9-13(3)29)21(6-14)34-4/h5-8,12,17,22-24,32H,9-11H2,1-4H3/t17-,22+,23-,24+,26?/m0/s1. The fourth-order valence-corrected chi connectivity index (χ4v) is 5.99. The van der Waals surface area contributed by atoms with E-state index in [1.165, 1.54) is 31.2 Å². The Morgan fingerprint density at radius 2 is 1.86 bits per heavy atom. The van der Waals surface area contributed by atoms with Gasteiger partial charge in [-0.3, -0.25) is 19.4 Å². The maximum absolute atomic E-state index is 13.2. The number of ketones is 2. The molecule has 0 bridgehead atoms. The predicted octanol–water partition coefficient (Wildman–Crippen LogP) is 2.48. The van der Waals surface area contributed by atoms with Crippen molar-refractivity contribution in [2.24, 2.45) is 17.1 Å². The lowest BCUT2D eigenvalue weighted by Gasteiger charge is -2.44. The van der Waals surface area contributed by atoms with Crippen LogP contribution in [0.1, 0.15) is 50.3 Å². The molecule has 11 nitrogen and oxygen atoms in total. The summed E-state index contributed by atoms with van der Waals surface area (Å²) in [6.07, 6.45) is 2.32. The summed E-state index contributed by atoms with van der Waals surface area (Å²) in [5.74, 6) is -2.59. The number of hydrogen-bond acceptors (Lipinski definition) is 10. The van der Waals surface area contributed by atoms with Crippen molar-refractivity contribution in [3.05, 3.63) is 51.7 Å². The molecule has 196 valence electrons. The van der Waals surface area contributed by atoms with Crippen LogP contribution in [0.15, 0.2) is 40.9 Å². The molecule has 1 aromatic carbocycles. The lowest BCUT2D eigenvalue weighted by Crippen LogP contribution is -2.46. The molecule has 4 aliphatic rings. The Morgan fingerprint density at radius 3 is 2.46 bits per heavy atom. The third kappa shape index (κ3) is 3.79. The van der Waals surface area contributed by atoms with Crippen LogP contribution in [-0.4, -0.2) is 59.8 Å². The van der Waals surface area contributed by atoms with Crippen LogP contribution in [0.25, 0.3) is 0 Å². The highest BCUT2D eigenvalue weighted by molar-refractivity contribution is 6.04. The van der Waals surface area contributed by atoms with Crippen LogP contribution < -0.4 is 9.47 Å². The predicted molar refractivity (Wildman–Crippen MR) is 127 cm³/mol. The van der Waals surface area contributed by atoms with E-state index < -0.39 is 47.6 Å². The number of allylic oxidation sites excluding steroid dienone is 2. The van der Waals surface area contributed by atoms with Crippen molar-refractivity contribution in [3.63, 3.8) is 0 Å². The Labute approximate surface area is 212 Å². The first-order valence-electron chi connectivity index (χ1n) is 12.1. The fraction of sp³-hybridized carbons (Fsp3) is 0.500. The smallest absolute Gasteiger partial charge is 0.310 e. The average Bonchev–Trinajstić information content (AvgIpc) is 3.45. The van der Waals surface area contributed by atoms with Gasteiger partial charge in [0.1, 0.15) is 11.5 Å². The summed E-state index contributed by atoms with van der Waals surface area (Å²) in [6, 6.07) is 2.68. The van der Waals surface area contributed by atoms with Gasteiger partial charge in [0.2, 0.25) is 6.79 Å². The molecule has 2 aliphatic carbocycles. The molecule has 0 saturated carbocycles. The average molecular weight is 513 g/mol. The molecule has 2 heterocycles. The van der Waals surface area contributed by atoms with Gasteiger partial charge in [0, 0.05) is 24.3 Å². The van der Waals surface area contributed by atoms with Gasteiger partial charge in [0.15, 0.2) is 22.9 Å². The maximum atomic E-state index is 13.2. The van der Waals surface area contributed by atoms with Crippen LogP contribution in [0.5, 0.6) is 11.5 Å². The zero-order valence-corrected chi connectivity index (χ0v) is 20.9. The van der Waals surface area contributed by atoms with E-state index in [1.807, 2.05) is 13.8 Å². The van der Waals surface area contributed by atoms with Crippen LogP contribution >= 0.6 is 0 Å². The number of fused-ring (bicyclic) bond motifs is 3. The van der Waals surface area contributed by atoms with E-state index in [9.17, 15) is 24.4 Å². The number of carbonyl (C=O) groups is 3. The number of ether oxygens (including phenoxy) is 4. The lowest BCUT2D eigenvalue weighted by atomic mass is 9.63. The number of benzene rings is 1. The molecule has 37 heavy (non-hydrogen) atoms. The first-order valence-corrected chi connectivity index (χ1v) is 12.1. The van der Waals surface area contributed by atoms with Gasteiger partial charge in [-0.05, 0) is 61.8 Å². The van der Waals surface area contributed by atoms with Crippen LogP contribution in [-0.2, 0) is 23.9 Å². The van der Waals surface area contributed by atoms with Gasteiger partial charge < -0.3 is 24.1 Å². The summed E-state index contributed by atoms with van der Waals surface area (Å²) in [4.78, 5) is 50.2. The number of carbonyl (C=O) groups excluding carboxylic acids is 3. The monoisotopic (exact) mass is 512 g/mol. The minimum absolute atomic E-state index is 0.0231. The van der Waals surface area contributed by atoms with E-state index in [0.29, 0.717) is 28.2 Å². The number of aliphatic hydroxyl groups is 1. The highest BCUT2D eigenvalue weighted by Gasteiger charge is 2.56. The van der Waals surface area contributed by atoms with Crippen LogP contribution in [0.2, 0.25) is 0 Å². The number of hydrogen-bond donors (Lipinski definition) is 1. The van der Waals surface area contributed by atoms with Gasteiger partial charge in [0.25, 0.3) is 0 Å². The van der Waals surface area contributed by atoms with Crippen molar-refractivity contribution >= 4 is 17.5 Å². The van der Waals surface area contributed by atoms with Gasteiger partial charge in [-0.1, -0.05) is 0 Å². The van der Waals surface area contributed by atoms with Crippen molar-refractivity contribution in [3.8, 4) is 11.5 Å². The normalized spacial score (nSPS) is 29.7. The molecular formula is C26H28N2O9. The van der Waals surface area contributed by atoms with Crippen molar-refractivity contribution < 1.29 is 38.4 Å². The molecule has 2 aliphatic heterocycles. The minimum atomic E-state index is -2.13. The zero-order valence-electron chi connectivity index (χ0n) is 20.9. The first-order chi connectivity index (χ1) is 17.6. The fourth-order valence-electron chi connectivity index (χ4n) is 5.99. The second kappa shape index (κ2) is 8.98. The summed E-state index contributed by atoms with van der Waals surface area (Å²) in [6.45, 7) is 5.03. The molecule has 5 rings (SSSR count). The highest BCUT2D eigenvalue weighted by Crippen LogP contribution is 2.57. The number of rotatable bonds is 7. The Bertz CT molecular complexity index is 1250. The van der Waals surface area contributed by atoms with E-state index in [4.69, 9.17) is 18.9 Å². The molecule has 0 radical (unpaired) electrons. The Kier molecular flexibility index (Phi) is 6.06. The number of Topliss-reactive ketones (excluding diaryl/α,β-unsaturated/α-hetero) is 1. The van der Waals surface area contributed by atoms with E-state index >= 15 is 0 Å². The van der Waals surface area contributed by atoms with Crippen molar-refractivity contribution in [2.75, 3.05) is 20.5 Å². The van der Waals surface area contributed by atoms with Gasteiger partial charge in [-0.2, -0.15) is 0 Å². The number of methoxy groups -OCH3 is 1. The lowest BCUT2D eigenvalue weighted by molar-refractivity contribution is -0.142. The number of nitroso groups, excluding NO2 is 1. The molecule has 1 unspecified atom stereocenters. The molecule has 5 atom stereocenters. The van der Waals surface area contributed by atoms with Crippen molar-refractivity contribution in [1.82, 2.24) is 5.01 Å². The summed E-state index contributed by atoms with van der Waals surface area (Å²) in [5, 5.41) is 15.8. The van der Waals surface area contributed by atoms with Crippen molar-refractivity contribution in [2.45, 2.75) is 50.8 Å². The maximum Gasteiger partial charge on any atom is 0.310 e. The summed E-state index contributed by atoms with van der Waals surface area (Å²) in [5.41, 5.74) is -0.374. The second-order valence-corrected chi connectivity index (χ2v) is 10.1. The number of cyclic esters (lactones) is 1. The zero-order chi connectivity index (χ0) is 26.6. The third-order valence-electron chi connectivity index (χ3n) is 7.55. The Hall–Kier alpha value is -3.73. The van der Waals surface area contributed by atoms with E-state index in [-0.39, 0.29) is 31.0 Å². The van der Waals surface area contributed by atoms with E-state index in [1.54, 1.807) is 12.1 Å². The van der Waals surface area contributed by atoms with Gasteiger partial charge in [-0.15, -0.1) is 4.91 Å². The van der Waals surface area contributed by atoms with Gasteiger partial charge in [0.05, 0.1) is 31.0 Å². The SMILES string of the molecule is COC1=CC([C@@H]2c3cc4c(cc3[C@@H](N(N=O)C(C)C)[C@H]3COC(=O)[C@@H]32)OCO4)=CC(=O)C1(O)CC(C)=O. The molecular weight excluding hydrogens is 484 g/mol. The molecule has 0 aromatic heterocycles. The Morgan fingerprint density at radius 1 is 1.19 bits per heavy atom. The second-order valence-electron chi connectivity index (χ2n) is 10.1. The van der Waals surface area contributed by atoms with Crippen LogP contribution in [0.4, 0.5) is 0 Å². The number of nitrogens with zero attached hydrogens (tertiary/aromatic N) is 2. The van der Waals surface area contributed by atoms with Gasteiger partial charge in [-0.25, -0.2) is 0 Å².